The number of nitrogens with zero attached hydrogens (tertiary/aromatic N) is 6. The molecule has 16 heteroatoms. The highest BCUT2D eigenvalue weighted by Gasteiger charge is 2.22. The van der Waals surface area contributed by atoms with Crippen molar-refractivity contribution in [1.82, 2.24) is 17.5 Å². The van der Waals surface area contributed by atoms with Crippen LogP contribution in [0.15, 0.2) is 12.2 Å². The van der Waals surface area contributed by atoms with E-state index in [2.05, 4.69) is 17.5 Å². The Labute approximate surface area is 228 Å². The van der Waals surface area contributed by atoms with Crippen LogP contribution in [0.5, 0.6) is 11.8 Å². The van der Waals surface area contributed by atoms with E-state index in [1.54, 1.807) is 13.8 Å². The van der Waals surface area contributed by atoms with Gasteiger partial charge in [-0.2, -0.15) is 8.75 Å². The number of hydrogen-bond donors (Lipinski definition) is 0. The van der Waals surface area contributed by atoms with Crippen molar-refractivity contribution < 1.29 is 38.0 Å². The minimum absolute atomic E-state index is 0.0824. The van der Waals surface area contributed by atoms with Crippen molar-refractivity contribution in [2.24, 2.45) is 0 Å². The molecule has 2 atom stereocenters. The number of ether oxygens (including phenoxy) is 6. The third-order valence-electron chi connectivity index (χ3n) is 5.41. The molecule has 38 heavy (non-hydrogen) atoms. The summed E-state index contributed by atoms with van der Waals surface area (Å²) in [5.74, 6) is 0.689. The van der Waals surface area contributed by atoms with E-state index in [0.717, 1.165) is 35.6 Å². The maximum atomic E-state index is 12.1. The number of aromatic nitrogens is 4. The first-order valence-electron chi connectivity index (χ1n) is 12.1. The van der Waals surface area contributed by atoms with Crippen molar-refractivity contribution in [3.05, 3.63) is 12.2 Å². The lowest BCUT2D eigenvalue weighted by Crippen LogP contribution is -2.36. The normalized spacial score (nSPS) is 17.7. The molecule has 0 bridgehead atoms. The van der Waals surface area contributed by atoms with Crippen molar-refractivity contribution in [2.45, 2.75) is 26.1 Å². The molecular weight excluding hydrogens is 540 g/mol. The Morgan fingerprint density at radius 2 is 1.16 bits per heavy atom. The Hall–Kier alpha value is -3.08. The topological polar surface area (TPSA) is 148 Å². The number of esters is 2. The van der Waals surface area contributed by atoms with Gasteiger partial charge in [0.05, 0.1) is 49.9 Å². The molecule has 14 nitrogen and oxygen atoms in total. The van der Waals surface area contributed by atoms with Crippen LogP contribution < -0.4 is 19.3 Å². The van der Waals surface area contributed by atoms with Gasteiger partial charge >= 0.3 is 11.9 Å². The van der Waals surface area contributed by atoms with Crippen LogP contribution in [0.2, 0.25) is 0 Å². The summed E-state index contributed by atoms with van der Waals surface area (Å²) in [5, 5.41) is 0. The van der Waals surface area contributed by atoms with Gasteiger partial charge in [0.15, 0.2) is 0 Å². The highest BCUT2D eigenvalue weighted by Crippen LogP contribution is 2.27. The molecule has 2 aromatic rings. The van der Waals surface area contributed by atoms with E-state index >= 15 is 0 Å². The van der Waals surface area contributed by atoms with E-state index in [0.29, 0.717) is 76.0 Å². The van der Waals surface area contributed by atoms with E-state index in [-0.39, 0.29) is 13.2 Å². The fourth-order valence-corrected chi connectivity index (χ4v) is 4.58. The highest BCUT2D eigenvalue weighted by atomic mass is 32.1. The molecule has 4 rings (SSSR count). The quantitative estimate of drug-likeness (QED) is 0.263. The second-order valence-corrected chi connectivity index (χ2v) is 9.49. The molecule has 2 saturated heterocycles. The van der Waals surface area contributed by atoms with Gasteiger partial charge in [-0.25, -0.2) is 9.59 Å². The lowest BCUT2D eigenvalue weighted by Gasteiger charge is -2.26. The summed E-state index contributed by atoms with van der Waals surface area (Å²) in [6.45, 7) is 8.80. The highest BCUT2D eigenvalue weighted by molar-refractivity contribution is 6.99. The van der Waals surface area contributed by atoms with E-state index in [1.165, 1.54) is 0 Å². The molecule has 2 fully saturated rings. The molecule has 0 saturated carbocycles. The zero-order chi connectivity index (χ0) is 26.7. The number of rotatable bonds is 12. The molecule has 2 unspecified atom stereocenters. The van der Waals surface area contributed by atoms with Crippen LogP contribution in [-0.4, -0.2) is 107 Å². The summed E-state index contributed by atoms with van der Waals surface area (Å²) in [4.78, 5) is 28.3. The van der Waals surface area contributed by atoms with Crippen LogP contribution in [-0.2, 0) is 28.5 Å². The van der Waals surface area contributed by atoms with Gasteiger partial charge in [0, 0.05) is 38.3 Å². The van der Waals surface area contributed by atoms with Crippen LogP contribution >= 0.6 is 23.5 Å². The summed E-state index contributed by atoms with van der Waals surface area (Å²) in [7, 11) is 0. The predicted molar refractivity (Wildman–Crippen MR) is 137 cm³/mol. The van der Waals surface area contributed by atoms with Crippen molar-refractivity contribution in [1.29, 1.82) is 0 Å². The van der Waals surface area contributed by atoms with Crippen LogP contribution in [0.3, 0.4) is 0 Å². The fraction of sp³-hybridized carbons (Fsp3) is 0.636. The molecule has 0 aromatic carbocycles. The van der Waals surface area contributed by atoms with Gasteiger partial charge in [-0.05, 0) is 13.8 Å². The zero-order valence-corrected chi connectivity index (χ0v) is 22.8. The molecule has 2 aliphatic heterocycles. The Balaban J connectivity index is 1.15. The molecule has 0 spiro atoms. The van der Waals surface area contributed by atoms with Crippen LogP contribution in [0.1, 0.15) is 13.8 Å². The summed E-state index contributed by atoms with van der Waals surface area (Å²) in [6, 6.07) is 0. The average Bonchev–Trinajstić information content (AvgIpc) is 3.60. The minimum atomic E-state index is -0.699. The predicted octanol–water partition coefficient (Wildman–Crippen LogP) is 0.940. The summed E-state index contributed by atoms with van der Waals surface area (Å²) < 4.78 is 49.6. The van der Waals surface area contributed by atoms with E-state index in [9.17, 15) is 9.59 Å². The third kappa shape index (κ3) is 8.21. The van der Waals surface area contributed by atoms with Gasteiger partial charge in [0.25, 0.3) is 11.8 Å². The summed E-state index contributed by atoms with van der Waals surface area (Å²) in [5.41, 5.74) is 0. The van der Waals surface area contributed by atoms with E-state index < -0.39 is 24.1 Å². The summed E-state index contributed by atoms with van der Waals surface area (Å²) in [6.07, 6.45) is 0.859. The Morgan fingerprint density at radius 1 is 0.763 bits per heavy atom. The Bertz CT molecular complexity index is 988. The maximum absolute atomic E-state index is 12.1. The number of carbonyl (C=O) groups excluding carboxylic acids is 2. The van der Waals surface area contributed by atoms with Gasteiger partial charge in [0.1, 0.15) is 25.4 Å². The second kappa shape index (κ2) is 14.2. The largest absolute Gasteiger partial charge is 0.470 e. The average molecular weight is 571 g/mol. The molecule has 0 radical (unpaired) electrons. The molecule has 2 aliphatic rings. The molecule has 4 heterocycles. The summed E-state index contributed by atoms with van der Waals surface area (Å²) >= 11 is 2.10. The van der Waals surface area contributed by atoms with Gasteiger partial charge in [-0.3, -0.25) is 0 Å². The van der Waals surface area contributed by atoms with Crippen molar-refractivity contribution in [3.8, 4) is 11.8 Å². The molecule has 0 aliphatic carbocycles. The first-order valence-corrected chi connectivity index (χ1v) is 13.6. The van der Waals surface area contributed by atoms with Gasteiger partial charge in [-0.15, -0.1) is 8.75 Å². The Morgan fingerprint density at radius 3 is 1.55 bits per heavy atom. The first-order chi connectivity index (χ1) is 18.5. The van der Waals surface area contributed by atoms with E-state index in [4.69, 9.17) is 28.4 Å². The van der Waals surface area contributed by atoms with E-state index in [1.807, 2.05) is 9.80 Å². The smallest absolute Gasteiger partial charge is 0.331 e. The van der Waals surface area contributed by atoms with Gasteiger partial charge in [0.2, 0.25) is 11.6 Å². The van der Waals surface area contributed by atoms with Crippen molar-refractivity contribution in [2.75, 3.05) is 75.6 Å². The second-order valence-electron chi connectivity index (χ2n) is 8.44. The maximum Gasteiger partial charge on any atom is 0.331 e. The lowest BCUT2D eigenvalue weighted by molar-refractivity contribution is -0.146. The number of hydrogen-bond acceptors (Lipinski definition) is 16. The Kier molecular flexibility index (Phi) is 10.4. The third-order valence-corrected chi connectivity index (χ3v) is 6.41. The SMILES string of the molecule is CC(COc1nsnc1N1CCOCC1)OC(=O)/C=C\C(=O)OC(C)COc1nsnc1N1CCOCC1. The molecule has 2 aromatic heterocycles. The first kappa shape index (κ1) is 27.9. The molecule has 208 valence electrons. The van der Waals surface area contributed by atoms with Gasteiger partial charge < -0.3 is 38.2 Å². The lowest BCUT2D eigenvalue weighted by atomic mass is 10.4. The molecular formula is C22H30N6O8S2. The van der Waals surface area contributed by atoms with Crippen molar-refractivity contribution in [3.63, 3.8) is 0 Å². The molecule has 0 N–H and O–H groups in total. The zero-order valence-electron chi connectivity index (χ0n) is 21.1. The molecule has 0 amide bonds. The number of morpholine rings is 2. The van der Waals surface area contributed by atoms with Crippen LogP contribution in [0.25, 0.3) is 0 Å². The fourth-order valence-electron chi connectivity index (χ4n) is 3.54. The number of anilines is 2. The standard InChI is InChI=1S/C22H30N6O8S2/c1-15(13-33-21-19(23-37-25-21)27-5-9-31-10-6-27)35-17(29)3-4-18(30)36-16(2)14-34-22-20(24-38-26-22)28-7-11-32-12-8-28/h3-4,15-16H,5-14H2,1-2H3/b4-3-. The van der Waals surface area contributed by atoms with Gasteiger partial charge in [-0.1, -0.05) is 0 Å². The minimum Gasteiger partial charge on any atom is -0.470 e. The number of carbonyl (C=O) groups is 2. The van der Waals surface area contributed by atoms with Crippen LogP contribution in [0, 0.1) is 0 Å². The van der Waals surface area contributed by atoms with Crippen molar-refractivity contribution >= 4 is 47.0 Å². The monoisotopic (exact) mass is 570 g/mol. The van der Waals surface area contributed by atoms with Crippen LogP contribution in [0.4, 0.5) is 11.6 Å².